The molecule has 0 aliphatic rings. The first-order valence-corrected chi connectivity index (χ1v) is 7.93. The molecule has 0 saturated heterocycles. The zero-order chi connectivity index (χ0) is 18.2. The van der Waals surface area contributed by atoms with Gasteiger partial charge in [0.1, 0.15) is 11.6 Å². The van der Waals surface area contributed by atoms with E-state index in [0.717, 1.165) is 17.4 Å². The number of carboxylic acid groups (broad SMARTS) is 1. The molecule has 2 aromatic rings. The van der Waals surface area contributed by atoms with Gasteiger partial charge >= 0.3 is 5.97 Å². The minimum absolute atomic E-state index is 0.0806. The van der Waals surface area contributed by atoms with Gasteiger partial charge in [-0.2, -0.15) is 0 Å². The van der Waals surface area contributed by atoms with Crippen LogP contribution in [0.4, 0.5) is 10.1 Å². The fourth-order valence-corrected chi connectivity index (χ4v) is 2.28. The number of hydrogen-bond acceptors (Lipinski definition) is 3. The highest BCUT2D eigenvalue weighted by molar-refractivity contribution is 5.90. The number of anilines is 1. The molecule has 0 fully saturated rings. The largest absolute Gasteiger partial charge is 0.494 e. The summed E-state index contributed by atoms with van der Waals surface area (Å²) in [5.74, 6) is -1.25. The minimum Gasteiger partial charge on any atom is -0.494 e. The van der Waals surface area contributed by atoms with Gasteiger partial charge < -0.3 is 15.2 Å². The number of halogens is 1. The van der Waals surface area contributed by atoms with E-state index in [1.807, 2.05) is 31.2 Å². The van der Waals surface area contributed by atoms with Crippen LogP contribution in [0.5, 0.6) is 5.75 Å². The van der Waals surface area contributed by atoms with E-state index < -0.39 is 18.2 Å². The molecule has 0 spiro atoms. The van der Waals surface area contributed by atoms with Gasteiger partial charge in [0.15, 0.2) is 0 Å². The summed E-state index contributed by atoms with van der Waals surface area (Å²) in [6.45, 7) is 2.38. The summed E-state index contributed by atoms with van der Waals surface area (Å²) in [4.78, 5) is 22.5. The molecule has 0 aliphatic heterocycles. The monoisotopic (exact) mass is 345 g/mol. The molecule has 2 rings (SSSR count). The lowest BCUT2D eigenvalue weighted by Gasteiger charge is -2.08. The minimum atomic E-state index is -1.11. The SMILES string of the molecule is Cc1cccc(OCCCC(=O)Nc2ccc(CC(=O)O)c(F)c2)c1. The molecule has 2 aromatic carbocycles. The molecule has 0 saturated carbocycles. The first kappa shape index (κ1) is 18.4. The Kier molecular flexibility index (Phi) is 6.51. The van der Waals surface area contributed by atoms with E-state index in [0.29, 0.717) is 18.7 Å². The van der Waals surface area contributed by atoms with Gasteiger partial charge in [-0.05, 0) is 48.7 Å². The molecule has 0 aromatic heterocycles. The van der Waals surface area contributed by atoms with Crippen LogP contribution >= 0.6 is 0 Å². The van der Waals surface area contributed by atoms with Crippen LogP contribution in [0.3, 0.4) is 0 Å². The first-order chi connectivity index (χ1) is 11.9. The fourth-order valence-electron chi connectivity index (χ4n) is 2.28. The number of carbonyl (C=O) groups excluding carboxylic acids is 1. The zero-order valence-corrected chi connectivity index (χ0v) is 13.9. The Morgan fingerprint density at radius 3 is 2.68 bits per heavy atom. The van der Waals surface area contributed by atoms with Gasteiger partial charge in [0.2, 0.25) is 5.91 Å². The maximum absolute atomic E-state index is 13.8. The molecule has 25 heavy (non-hydrogen) atoms. The van der Waals surface area contributed by atoms with Crippen molar-refractivity contribution < 1.29 is 23.8 Å². The summed E-state index contributed by atoms with van der Waals surface area (Å²) in [7, 11) is 0. The zero-order valence-electron chi connectivity index (χ0n) is 13.9. The summed E-state index contributed by atoms with van der Waals surface area (Å²) >= 11 is 0. The van der Waals surface area contributed by atoms with Crippen LogP contribution in [0.1, 0.15) is 24.0 Å². The number of carbonyl (C=O) groups is 2. The third-order valence-corrected chi connectivity index (χ3v) is 3.48. The standard InChI is InChI=1S/C19H20FNO4/c1-13-4-2-5-16(10-13)25-9-3-6-18(22)21-15-8-7-14(11-19(23)24)17(20)12-15/h2,4-5,7-8,10,12H,3,6,9,11H2,1H3,(H,21,22)(H,23,24). The first-order valence-electron chi connectivity index (χ1n) is 7.93. The molecule has 0 unspecified atom stereocenters. The van der Waals surface area contributed by atoms with Gasteiger partial charge in [0.25, 0.3) is 0 Å². The molecule has 0 bridgehead atoms. The molecule has 0 aliphatic carbocycles. The number of aliphatic carboxylic acids is 1. The van der Waals surface area contributed by atoms with Crippen LogP contribution in [0, 0.1) is 12.7 Å². The lowest BCUT2D eigenvalue weighted by atomic mass is 10.1. The summed E-state index contributed by atoms with van der Waals surface area (Å²) in [5.41, 5.74) is 1.48. The molecule has 2 N–H and O–H groups in total. The molecular formula is C19H20FNO4. The summed E-state index contributed by atoms with van der Waals surface area (Å²) < 4.78 is 19.3. The molecule has 6 heteroatoms. The van der Waals surface area contributed by atoms with Crippen molar-refractivity contribution in [1.82, 2.24) is 0 Å². The van der Waals surface area contributed by atoms with Crippen molar-refractivity contribution in [1.29, 1.82) is 0 Å². The second kappa shape index (κ2) is 8.82. The topological polar surface area (TPSA) is 75.6 Å². The molecule has 0 heterocycles. The highest BCUT2D eigenvalue weighted by atomic mass is 19.1. The highest BCUT2D eigenvalue weighted by Gasteiger charge is 2.09. The number of carboxylic acids is 1. The van der Waals surface area contributed by atoms with Gasteiger partial charge in [-0.1, -0.05) is 18.2 Å². The van der Waals surface area contributed by atoms with Crippen LogP contribution in [-0.4, -0.2) is 23.6 Å². The van der Waals surface area contributed by atoms with E-state index in [1.165, 1.54) is 12.1 Å². The molecule has 5 nitrogen and oxygen atoms in total. The Bertz CT molecular complexity index is 761. The van der Waals surface area contributed by atoms with Crippen LogP contribution in [-0.2, 0) is 16.0 Å². The Labute approximate surface area is 145 Å². The summed E-state index contributed by atoms with van der Waals surface area (Å²) in [6.07, 6.45) is 0.375. The predicted octanol–water partition coefficient (Wildman–Crippen LogP) is 3.56. The number of hydrogen-bond donors (Lipinski definition) is 2. The van der Waals surface area contributed by atoms with E-state index in [2.05, 4.69) is 5.32 Å². The Balaban J connectivity index is 1.76. The van der Waals surface area contributed by atoms with Crippen molar-refractivity contribution >= 4 is 17.6 Å². The molecular weight excluding hydrogens is 325 g/mol. The van der Waals surface area contributed by atoms with Crippen molar-refractivity contribution in [3.05, 3.63) is 59.4 Å². The van der Waals surface area contributed by atoms with Crippen molar-refractivity contribution in [2.45, 2.75) is 26.2 Å². The maximum atomic E-state index is 13.8. The second-order valence-corrected chi connectivity index (χ2v) is 5.69. The molecule has 132 valence electrons. The smallest absolute Gasteiger partial charge is 0.307 e. The van der Waals surface area contributed by atoms with E-state index >= 15 is 0 Å². The molecule has 1 amide bonds. The van der Waals surface area contributed by atoms with Crippen molar-refractivity contribution in [2.24, 2.45) is 0 Å². The highest BCUT2D eigenvalue weighted by Crippen LogP contribution is 2.16. The van der Waals surface area contributed by atoms with Crippen LogP contribution in [0.2, 0.25) is 0 Å². The quantitative estimate of drug-likeness (QED) is 0.717. The summed E-state index contributed by atoms with van der Waals surface area (Å²) in [6, 6.07) is 11.6. The van der Waals surface area contributed by atoms with Crippen molar-refractivity contribution in [3.8, 4) is 5.75 Å². The van der Waals surface area contributed by atoms with E-state index in [4.69, 9.17) is 9.84 Å². The summed E-state index contributed by atoms with van der Waals surface area (Å²) in [5, 5.41) is 11.3. The lowest BCUT2D eigenvalue weighted by Crippen LogP contribution is -2.13. The predicted molar refractivity (Wildman–Crippen MR) is 92.3 cm³/mol. The van der Waals surface area contributed by atoms with Crippen LogP contribution in [0.25, 0.3) is 0 Å². The van der Waals surface area contributed by atoms with E-state index in [9.17, 15) is 14.0 Å². The maximum Gasteiger partial charge on any atom is 0.307 e. The molecule has 0 radical (unpaired) electrons. The van der Waals surface area contributed by atoms with Crippen LogP contribution in [0.15, 0.2) is 42.5 Å². The Hall–Kier alpha value is -2.89. The number of aryl methyl sites for hydroxylation is 1. The number of ether oxygens (including phenoxy) is 1. The fraction of sp³-hybridized carbons (Fsp3) is 0.263. The number of rotatable bonds is 8. The van der Waals surface area contributed by atoms with Crippen molar-refractivity contribution in [2.75, 3.05) is 11.9 Å². The lowest BCUT2D eigenvalue weighted by molar-refractivity contribution is -0.136. The Morgan fingerprint density at radius 2 is 2.00 bits per heavy atom. The Morgan fingerprint density at radius 1 is 1.20 bits per heavy atom. The number of benzene rings is 2. The average Bonchev–Trinajstić information content (AvgIpc) is 2.54. The van der Waals surface area contributed by atoms with E-state index in [-0.39, 0.29) is 17.9 Å². The third kappa shape index (κ3) is 6.25. The van der Waals surface area contributed by atoms with Gasteiger partial charge in [-0.25, -0.2) is 4.39 Å². The van der Waals surface area contributed by atoms with Gasteiger partial charge in [-0.15, -0.1) is 0 Å². The van der Waals surface area contributed by atoms with Crippen LogP contribution < -0.4 is 10.1 Å². The normalized spacial score (nSPS) is 10.3. The van der Waals surface area contributed by atoms with Crippen molar-refractivity contribution in [3.63, 3.8) is 0 Å². The number of nitrogens with one attached hydrogen (secondary N) is 1. The molecule has 0 atom stereocenters. The van der Waals surface area contributed by atoms with Gasteiger partial charge in [0.05, 0.1) is 13.0 Å². The third-order valence-electron chi connectivity index (χ3n) is 3.48. The average molecular weight is 345 g/mol. The second-order valence-electron chi connectivity index (χ2n) is 5.69. The van der Waals surface area contributed by atoms with Gasteiger partial charge in [-0.3, -0.25) is 9.59 Å². The van der Waals surface area contributed by atoms with Gasteiger partial charge in [0, 0.05) is 12.1 Å². The van der Waals surface area contributed by atoms with E-state index in [1.54, 1.807) is 0 Å². The number of amides is 1.